The van der Waals surface area contributed by atoms with Crippen LogP contribution in [-0.4, -0.2) is 69.7 Å². The van der Waals surface area contributed by atoms with Crippen molar-refractivity contribution in [3.8, 4) is 0 Å². The lowest BCUT2D eigenvalue weighted by Gasteiger charge is -2.39. The standard InChI is InChI=1S/C26H35N7O3/c1-16-21(30-26(35)36)3-2-12-33(16)22-15-28-23(24(27)34)25(31-22)29-19-6-4-17(5-7-19)18-10-13-32(14-11-18)20-8-9-20/h4-7,15-16,18,20-21,30H,2-3,8-14H2,1H3,(H2,27,34)(H,29,31)(H,35,36)/t16-,21-/m1/s1. The van der Waals surface area contributed by atoms with Crippen molar-refractivity contribution < 1.29 is 14.7 Å². The highest BCUT2D eigenvalue weighted by molar-refractivity contribution is 5.96. The van der Waals surface area contributed by atoms with E-state index in [0.717, 1.165) is 31.1 Å². The van der Waals surface area contributed by atoms with E-state index >= 15 is 0 Å². The highest BCUT2D eigenvalue weighted by atomic mass is 16.4. The van der Waals surface area contributed by atoms with Crippen LogP contribution in [0.5, 0.6) is 0 Å². The molecule has 10 nitrogen and oxygen atoms in total. The maximum absolute atomic E-state index is 12.1. The molecule has 1 saturated carbocycles. The Bertz CT molecular complexity index is 1100. The number of hydrogen-bond donors (Lipinski definition) is 4. The summed E-state index contributed by atoms with van der Waals surface area (Å²) >= 11 is 0. The maximum atomic E-state index is 12.1. The summed E-state index contributed by atoms with van der Waals surface area (Å²) in [5.41, 5.74) is 7.80. The van der Waals surface area contributed by atoms with E-state index in [1.54, 1.807) is 0 Å². The van der Waals surface area contributed by atoms with Crippen molar-refractivity contribution in [2.75, 3.05) is 29.9 Å². The van der Waals surface area contributed by atoms with Crippen molar-refractivity contribution in [2.45, 2.75) is 69.5 Å². The maximum Gasteiger partial charge on any atom is 0.404 e. The van der Waals surface area contributed by atoms with Gasteiger partial charge in [-0.3, -0.25) is 4.79 Å². The number of nitrogens with two attached hydrogens (primary N) is 1. The number of primary amides is 1. The third-order valence-electron chi connectivity index (χ3n) is 7.82. The van der Waals surface area contributed by atoms with E-state index in [9.17, 15) is 9.59 Å². The number of carbonyl (C=O) groups excluding carboxylic acids is 1. The van der Waals surface area contributed by atoms with E-state index < -0.39 is 12.0 Å². The molecule has 0 spiro atoms. The molecule has 0 radical (unpaired) electrons. The second kappa shape index (κ2) is 10.3. The molecule has 10 heteroatoms. The van der Waals surface area contributed by atoms with Crippen molar-refractivity contribution in [1.29, 1.82) is 0 Å². The number of rotatable bonds is 7. The third kappa shape index (κ3) is 5.38. The Morgan fingerprint density at radius 3 is 2.42 bits per heavy atom. The minimum Gasteiger partial charge on any atom is -0.465 e. The lowest BCUT2D eigenvalue weighted by molar-refractivity contribution is 0.0996. The minimum absolute atomic E-state index is 0.0696. The largest absolute Gasteiger partial charge is 0.465 e. The normalized spacial score (nSPS) is 23.3. The van der Waals surface area contributed by atoms with Crippen LogP contribution in [0.4, 0.5) is 22.1 Å². The summed E-state index contributed by atoms with van der Waals surface area (Å²) in [7, 11) is 0. The zero-order valence-corrected chi connectivity index (χ0v) is 20.7. The summed E-state index contributed by atoms with van der Waals surface area (Å²) < 4.78 is 0. The van der Waals surface area contributed by atoms with E-state index in [1.165, 1.54) is 50.5 Å². The minimum atomic E-state index is -1.04. The molecule has 3 fully saturated rings. The van der Waals surface area contributed by atoms with E-state index in [1.807, 2.05) is 24.0 Å². The molecular weight excluding hydrogens is 458 g/mol. The van der Waals surface area contributed by atoms with Gasteiger partial charge in [-0.1, -0.05) is 12.1 Å². The van der Waals surface area contributed by atoms with Crippen LogP contribution in [0.25, 0.3) is 0 Å². The Morgan fingerprint density at radius 2 is 1.78 bits per heavy atom. The van der Waals surface area contributed by atoms with Gasteiger partial charge in [0.2, 0.25) is 0 Å². The number of amides is 2. The van der Waals surface area contributed by atoms with Gasteiger partial charge >= 0.3 is 6.09 Å². The number of piperidine rings is 2. The summed E-state index contributed by atoms with van der Waals surface area (Å²) in [6, 6.07) is 8.83. The van der Waals surface area contributed by atoms with Crippen LogP contribution in [0.2, 0.25) is 0 Å². The molecule has 36 heavy (non-hydrogen) atoms. The first-order valence-electron chi connectivity index (χ1n) is 12.9. The first-order valence-corrected chi connectivity index (χ1v) is 12.9. The number of benzene rings is 1. The summed E-state index contributed by atoms with van der Waals surface area (Å²) in [5.74, 6) is 0.788. The van der Waals surface area contributed by atoms with E-state index in [4.69, 9.17) is 15.8 Å². The Labute approximate surface area is 211 Å². The second-order valence-electron chi connectivity index (χ2n) is 10.2. The lowest BCUT2D eigenvalue weighted by atomic mass is 9.89. The van der Waals surface area contributed by atoms with Crippen LogP contribution >= 0.6 is 0 Å². The predicted molar refractivity (Wildman–Crippen MR) is 138 cm³/mol. The van der Waals surface area contributed by atoms with Crippen molar-refractivity contribution >= 4 is 29.3 Å². The smallest absolute Gasteiger partial charge is 0.404 e. The molecule has 2 atom stereocenters. The van der Waals surface area contributed by atoms with Gasteiger partial charge in [0.1, 0.15) is 5.82 Å². The molecule has 3 aliphatic rings. The molecule has 0 bridgehead atoms. The highest BCUT2D eigenvalue weighted by Gasteiger charge is 2.32. The summed E-state index contributed by atoms with van der Waals surface area (Å²) in [4.78, 5) is 36.9. The van der Waals surface area contributed by atoms with Gasteiger partial charge < -0.3 is 31.3 Å². The highest BCUT2D eigenvalue weighted by Crippen LogP contribution is 2.35. The number of nitrogens with zero attached hydrogens (tertiary/aromatic N) is 4. The molecule has 192 valence electrons. The van der Waals surface area contributed by atoms with Gasteiger partial charge in [-0.25, -0.2) is 14.8 Å². The lowest BCUT2D eigenvalue weighted by Crippen LogP contribution is -2.54. The number of likely N-dealkylation sites (tertiary alicyclic amines) is 1. The second-order valence-corrected chi connectivity index (χ2v) is 10.2. The molecule has 1 aromatic heterocycles. The number of aromatic nitrogens is 2. The van der Waals surface area contributed by atoms with E-state index in [0.29, 0.717) is 17.6 Å². The first-order chi connectivity index (χ1) is 17.4. The summed E-state index contributed by atoms with van der Waals surface area (Å²) in [5, 5.41) is 15.0. The van der Waals surface area contributed by atoms with Crippen molar-refractivity contribution in [1.82, 2.24) is 20.2 Å². The summed E-state index contributed by atoms with van der Waals surface area (Å²) in [6.07, 6.45) is 7.16. The van der Waals surface area contributed by atoms with Crippen molar-refractivity contribution in [3.63, 3.8) is 0 Å². The fraction of sp³-hybridized carbons (Fsp3) is 0.538. The van der Waals surface area contributed by atoms with Crippen LogP contribution in [0.3, 0.4) is 0 Å². The first kappa shape index (κ1) is 24.3. The molecule has 2 saturated heterocycles. The van der Waals surface area contributed by atoms with Gasteiger partial charge in [0.05, 0.1) is 12.2 Å². The molecule has 5 rings (SSSR count). The molecule has 1 aliphatic carbocycles. The number of carbonyl (C=O) groups is 2. The molecule has 2 aliphatic heterocycles. The SMILES string of the molecule is C[C@@H]1[C@H](NC(=O)O)CCCN1c1cnc(C(N)=O)c(Nc2ccc(C3CCN(C4CC4)CC3)cc2)n1. The van der Waals surface area contributed by atoms with Crippen LogP contribution < -0.4 is 21.3 Å². The molecular formula is C26H35N7O3. The predicted octanol–water partition coefficient (Wildman–Crippen LogP) is 3.29. The fourth-order valence-electron chi connectivity index (χ4n) is 5.62. The molecule has 3 heterocycles. The molecule has 2 amide bonds. The average molecular weight is 494 g/mol. The molecule has 5 N–H and O–H groups in total. The van der Waals surface area contributed by atoms with Crippen molar-refractivity contribution in [3.05, 3.63) is 41.7 Å². The number of carboxylic acid groups (broad SMARTS) is 1. The molecule has 0 unspecified atom stereocenters. The number of hydrogen-bond acceptors (Lipinski definition) is 7. The van der Waals surface area contributed by atoms with Gasteiger partial charge in [0, 0.05) is 24.3 Å². The van der Waals surface area contributed by atoms with Crippen LogP contribution in [0.1, 0.15) is 67.4 Å². The van der Waals surface area contributed by atoms with E-state index in [-0.39, 0.29) is 17.8 Å². The van der Waals surface area contributed by atoms with Gasteiger partial charge in [0.25, 0.3) is 5.91 Å². The monoisotopic (exact) mass is 493 g/mol. The number of nitrogens with one attached hydrogen (secondary N) is 2. The Morgan fingerprint density at radius 1 is 1.06 bits per heavy atom. The van der Waals surface area contributed by atoms with Crippen LogP contribution in [-0.2, 0) is 0 Å². The van der Waals surface area contributed by atoms with Crippen molar-refractivity contribution in [2.24, 2.45) is 5.73 Å². The van der Waals surface area contributed by atoms with Gasteiger partial charge in [-0.2, -0.15) is 0 Å². The van der Waals surface area contributed by atoms with E-state index in [2.05, 4.69) is 32.7 Å². The zero-order valence-electron chi connectivity index (χ0n) is 20.7. The Hall–Kier alpha value is -3.40. The van der Waals surface area contributed by atoms with Gasteiger partial charge in [-0.15, -0.1) is 0 Å². The topological polar surface area (TPSA) is 137 Å². The Kier molecular flexibility index (Phi) is 6.95. The van der Waals surface area contributed by atoms with Gasteiger partial charge in [0.15, 0.2) is 11.5 Å². The average Bonchev–Trinajstić information content (AvgIpc) is 3.71. The van der Waals surface area contributed by atoms with Crippen LogP contribution in [0.15, 0.2) is 30.5 Å². The van der Waals surface area contributed by atoms with Gasteiger partial charge in [-0.05, 0) is 82.2 Å². The third-order valence-corrected chi connectivity index (χ3v) is 7.82. The summed E-state index contributed by atoms with van der Waals surface area (Å²) in [6.45, 7) is 5.04. The van der Waals surface area contributed by atoms with Crippen LogP contribution in [0, 0.1) is 0 Å². The molecule has 2 aromatic rings. The fourth-order valence-corrected chi connectivity index (χ4v) is 5.62. The molecule has 1 aromatic carbocycles. The Balaban J connectivity index is 1.30. The quantitative estimate of drug-likeness (QED) is 0.461. The zero-order chi connectivity index (χ0) is 25.2. The number of anilines is 3.